The minimum absolute atomic E-state index is 0.217. The van der Waals surface area contributed by atoms with E-state index in [1.165, 1.54) is 19.3 Å². The van der Waals surface area contributed by atoms with E-state index in [9.17, 15) is 9.59 Å². The first kappa shape index (κ1) is 15.6. The first-order valence-electron chi connectivity index (χ1n) is 8.09. The monoisotopic (exact) mass is 310 g/mol. The molecule has 3 unspecified atom stereocenters. The number of rotatable bonds is 4. The first-order valence-corrected chi connectivity index (χ1v) is 8.09. The molecule has 4 aliphatic rings. The van der Waals surface area contributed by atoms with Crippen LogP contribution in [0.15, 0.2) is 0 Å². The van der Waals surface area contributed by atoms with Crippen molar-refractivity contribution in [2.24, 2.45) is 16.7 Å². The molecule has 0 aromatic carbocycles. The van der Waals surface area contributed by atoms with Crippen molar-refractivity contribution in [2.45, 2.75) is 64.0 Å². The molecule has 0 aromatic rings. The Morgan fingerprint density at radius 3 is 2.18 bits per heavy atom. The minimum atomic E-state index is -1.25. The summed E-state index contributed by atoms with van der Waals surface area (Å²) in [7, 11) is 0. The Kier molecular flexibility index (Phi) is 3.43. The van der Waals surface area contributed by atoms with Gasteiger partial charge in [-0.15, -0.1) is 0 Å². The number of aliphatic carboxylic acids is 1. The van der Waals surface area contributed by atoms with Crippen molar-refractivity contribution < 1.29 is 19.8 Å². The predicted octanol–water partition coefficient (Wildman–Crippen LogP) is 1.48. The van der Waals surface area contributed by atoms with E-state index in [0.717, 1.165) is 19.3 Å². The molecule has 4 fully saturated rings. The molecular formula is C16H26N2O4. The number of carboxylic acid groups (broad SMARTS) is 1. The van der Waals surface area contributed by atoms with Crippen LogP contribution in [0.2, 0.25) is 0 Å². The summed E-state index contributed by atoms with van der Waals surface area (Å²) in [4.78, 5) is 23.1. The summed E-state index contributed by atoms with van der Waals surface area (Å²) in [5, 5.41) is 23.4. The summed E-state index contributed by atoms with van der Waals surface area (Å²) >= 11 is 0. The quantitative estimate of drug-likeness (QED) is 0.632. The molecular weight excluding hydrogens is 284 g/mol. The molecule has 4 N–H and O–H groups in total. The molecule has 4 aliphatic carbocycles. The Hall–Kier alpha value is -1.30. The number of carbonyl (C=O) groups excluding carboxylic acids is 1. The third kappa shape index (κ3) is 2.69. The van der Waals surface area contributed by atoms with Crippen molar-refractivity contribution in [3.63, 3.8) is 0 Å². The number of aliphatic hydroxyl groups excluding tert-OH is 1. The van der Waals surface area contributed by atoms with Crippen LogP contribution in [0.1, 0.15) is 52.4 Å². The Labute approximate surface area is 130 Å². The van der Waals surface area contributed by atoms with Crippen molar-refractivity contribution in [1.29, 1.82) is 0 Å². The van der Waals surface area contributed by atoms with Crippen molar-refractivity contribution in [1.82, 2.24) is 10.6 Å². The van der Waals surface area contributed by atoms with Gasteiger partial charge in [-0.1, -0.05) is 13.8 Å². The Morgan fingerprint density at radius 2 is 1.73 bits per heavy atom. The molecule has 22 heavy (non-hydrogen) atoms. The lowest BCUT2D eigenvalue weighted by molar-refractivity contribution is -0.140. The maximum atomic E-state index is 12.2. The molecule has 124 valence electrons. The van der Waals surface area contributed by atoms with Crippen LogP contribution in [-0.2, 0) is 4.79 Å². The van der Waals surface area contributed by atoms with Gasteiger partial charge in [0.25, 0.3) is 0 Å². The van der Waals surface area contributed by atoms with Gasteiger partial charge in [-0.2, -0.15) is 0 Å². The molecule has 4 bridgehead atoms. The average Bonchev–Trinajstić information content (AvgIpc) is 2.30. The van der Waals surface area contributed by atoms with Crippen molar-refractivity contribution >= 4 is 12.0 Å². The third-order valence-corrected chi connectivity index (χ3v) is 5.79. The third-order valence-electron chi connectivity index (χ3n) is 5.79. The highest BCUT2D eigenvalue weighted by atomic mass is 16.4. The van der Waals surface area contributed by atoms with Crippen LogP contribution in [0.25, 0.3) is 0 Å². The fraction of sp³-hybridized carbons (Fsp3) is 0.875. The summed E-state index contributed by atoms with van der Waals surface area (Å²) in [5.74, 6) is -0.568. The Bertz CT molecular complexity index is 488. The lowest BCUT2D eigenvalue weighted by Crippen LogP contribution is -2.66. The highest BCUT2D eigenvalue weighted by Crippen LogP contribution is 2.66. The first-order chi connectivity index (χ1) is 10.2. The van der Waals surface area contributed by atoms with Gasteiger partial charge in [0.05, 0.1) is 6.61 Å². The van der Waals surface area contributed by atoms with Gasteiger partial charge in [0.15, 0.2) is 6.04 Å². The lowest BCUT2D eigenvalue weighted by atomic mass is 9.43. The van der Waals surface area contributed by atoms with Crippen molar-refractivity contribution in [2.75, 3.05) is 6.61 Å². The van der Waals surface area contributed by atoms with Gasteiger partial charge < -0.3 is 20.8 Å². The molecule has 6 heteroatoms. The summed E-state index contributed by atoms with van der Waals surface area (Å²) in [6.45, 7) is 4.03. The van der Waals surface area contributed by atoms with Crippen molar-refractivity contribution in [3.8, 4) is 0 Å². The molecule has 0 spiro atoms. The van der Waals surface area contributed by atoms with E-state index in [0.29, 0.717) is 5.92 Å². The van der Waals surface area contributed by atoms with Gasteiger partial charge in [-0.05, 0) is 55.3 Å². The van der Waals surface area contributed by atoms with E-state index in [4.69, 9.17) is 10.2 Å². The van der Waals surface area contributed by atoms with Crippen LogP contribution < -0.4 is 10.6 Å². The zero-order chi connectivity index (χ0) is 16.2. The fourth-order valence-corrected chi connectivity index (χ4v) is 6.21. The minimum Gasteiger partial charge on any atom is -0.480 e. The zero-order valence-corrected chi connectivity index (χ0v) is 13.3. The predicted molar refractivity (Wildman–Crippen MR) is 80.3 cm³/mol. The van der Waals surface area contributed by atoms with Crippen LogP contribution in [0.3, 0.4) is 0 Å². The molecule has 2 amide bonds. The van der Waals surface area contributed by atoms with E-state index >= 15 is 0 Å². The maximum Gasteiger partial charge on any atom is 0.328 e. The standard InChI is InChI=1S/C16H26N2O4/c1-14-3-10-4-15(2,7-14)9-16(5-10,8-14)18-13(22)17-11(6-19)12(20)21/h10-11,19H,3-9H2,1-2H3,(H,20,21)(H2,17,18,22). The molecule has 0 aliphatic heterocycles. The van der Waals surface area contributed by atoms with E-state index in [1.807, 2.05) is 0 Å². The number of hydrogen-bond acceptors (Lipinski definition) is 3. The normalized spacial score (nSPS) is 43.7. The highest BCUT2D eigenvalue weighted by molar-refractivity contribution is 5.83. The molecule has 0 heterocycles. The second-order valence-electron chi connectivity index (χ2n) is 8.58. The molecule has 0 aromatic heterocycles. The molecule has 4 rings (SSSR count). The summed E-state index contributed by atoms with van der Waals surface area (Å²) in [6, 6.07) is -1.73. The summed E-state index contributed by atoms with van der Waals surface area (Å²) in [5.41, 5.74) is 0.348. The van der Waals surface area contributed by atoms with Gasteiger partial charge >= 0.3 is 12.0 Å². The number of carboxylic acids is 1. The fourth-order valence-electron chi connectivity index (χ4n) is 6.21. The largest absolute Gasteiger partial charge is 0.480 e. The average molecular weight is 310 g/mol. The van der Waals surface area contributed by atoms with Crippen LogP contribution in [0.5, 0.6) is 0 Å². The summed E-state index contributed by atoms with van der Waals surface area (Å²) in [6.07, 6.45) is 6.62. The second kappa shape index (κ2) is 4.85. The summed E-state index contributed by atoms with van der Waals surface area (Å²) < 4.78 is 0. The highest BCUT2D eigenvalue weighted by Gasteiger charge is 2.60. The van der Waals surface area contributed by atoms with Gasteiger partial charge in [-0.3, -0.25) is 0 Å². The van der Waals surface area contributed by atoms with Crippen LogP contribution in [0.4, 0.5) is 4.79 Å². The molecule has 0 radical (unpaired) electrons. The van der Waals surface area contributed by atoms with Crippen molar-refractivity contribution in [3.05, 3.63) is 0 Å². The van der Waals surface area contributed by atoms with Crippen LogP contribution in [-0.4, -0.2) is 40.4 Å². The molecule has 4 saturated carbocycles. The van der Waals surface area contributed by atoms with E-state index in [2.05, 4.69) is 24.5 Å². The number of carbonyl (C=O) groups is 2. The van der Waals surface area contributed by atoms with Crippen LogP contribution >= 0.6 is 0 Å². The maximum absolute atomic E-state index is 12.2. The topological polar surface area (TPSA) is 98.7 Å². The van der Waals surface area contributed by atoms with Gasteiger partial charge in [0.2, 0.25) is 0 Å². The van der Waals surface area contributed by atoms with Gasteiger partial charge in [-0.25, -0.2) is 9.59 Å². The Morgan fingerprint density at radius 1 is 1.14 bits per heavy atom. The number of aliphatic hydroxyl groups is 1. The zero-order valence-electron chi connectivity index (χ0n) is 13.3. The van der Waals surface area contributed by atoms with Gasteiger partial charge in [0, 0.05) is 5.54 Å². The number of hydrogen-bond donors (Lipinski definition) is 4. The number of amides is 2. The lowest BCUT2D eigenvalue weighted by Gasteiger charge is -2.65. The van der Waals surface area contributed by atoms with E-state index in [-0.39, 0.29) is 16.4 Å². The SMILES string of the molecule is CC12CC3CC(C)(C1)CC(NC(=O)NC(CO)C(=O)O)(C3)C2. The molecule has 0 saturated heterocycles. The molecule has 6 nitrogen and oxygen atoms in total. The number of urea groups is 1. The molecule has 3 atom stereocenters. The smallest absolute Gasteiger partial charge is 0.328 e. The number of nitrogens with one attached hydrogen (secondary N) is 2. The van der Waals surface area contributed by atoms with Gasteiger partial charge in [0.1, 0.15) is 0 Å². The van der Waals surface area contributed by atoms with E-state index in [1.54, 1.807) is 0 Å². The second-order valence-corrected chi connectivity index (χ2v) is 8.58. The van der Waals surface area contributed by atoms with E-state index < -0.39 is 24.6 Å². The van der Waals surface area contributed by atoms with Crippen LogP contribution in [0, 0.1) is 16.7 Å². The Balaban J connectivity index is 1.72.